The van der Waals surface area contributed by atoms with Crippen molar-refractivity contribution in [2.75, 3.05) is 0 Å². The van der Waals surface area contributed by atoms with Crippen LogP contribution in [0.25, 0.3) is 71.1 Å². The van der Waals surface area contributed by atoms with E-state index in [4.69, 9.17) is 4.98 Å². The van der Waals surface area contributed by atoms with E-state index in [1.54, 1.807) is 0 Å². The van der Waals surface area contributed by atoms with Gasteiger partial charge in [0.15, 0.2) is 0 Å². The maximum Gasteiger partial charge on any atom is 0.137 e. The molecule has 0 aliphatic carbocycles. The molecule has 0 fully saturated rings. The number of para-hydroxylation sites is 1. The van der Waals surface area contributed by atoms with Gasteiger partial charge in [0.25, 0.3) is 0 Å². The van der Waals surface area contributed by atoms with Gasteiger partial charge in [0.2, 0.25) is 0 Å². The van der Waals surface area contributed by atoms with Crippen molar-refractivity contribution in [2.24, 2.45) is 0 Å². The molecule has 2 heteroatoms. The summed E-state index contributed by atoms with van der Waals surface area (Å²) in [7, 11) is 0. The third kappa shape index (κ3) is 6.67. The fourth-order valence-electron chi connectivity index (χ4n) is 8.80. The number of aromatic nitrogens is 2. The SMILES string of the molecule is C/C(=C\C=C(/CC(c1ccccc1)c1ccccc1)c1ccc2c3ccccc3c3ccccc3c2c1)c1cccc2c1c1ccccc1n2-c1ccccn1.CC. The highest BCUT2D eigenvalue weighted by Crippen LogP contribution is 2.41. The highest BCUT2D eigenvalue weighted by molar-refractivity contribution is 6.25. The Morgan fingerprint density at radius 3 is 1.66 bits per heavy atom. The van der Waals surface area contributed by atoms with Gasteiger partial charge in [-0.15, -0.1) is 0 Å². The van der Waals surface area contributed by atoms with Crippen molar-refractivity contribution in [3.05, 3.63) is 229 Å². The Kier molecular flexibility index (Phi) is 10.2. The summed E-state index contributed by atoms with van der Waals surface area (Å²) in [5.74, 6) is 1.10. The van der Waals surface area contributed by atoms with Crippen LogP contribution in [0.2, 0.25) is 0 Å². The zero-order valence-corrected chi connectivity index (χ0v) is 33.3. The lowest BCUT2D eigenvalue weighted by Gasteiger charge is -2.21. The van der Waals surface area contributed by atoms with Gasteiger partial charge in [-0.3, -0.25) is 4.57 Å². The molecule has 0 saturated heterocycles. The molecule has 0 amide bonds. The van der Waals surface area contributed by atoms with Crippen LogP contribution in [0.1, 0.15) is 55.4 Å². The molecule has 0 atom stereocenters. The fourth-order valence-corrected chi connectivity index (χ4v) is 8.80. The third-order valence-corrected chi connectivity index (χ3v) is 11.5. The summed E-state index contributed by atoms with van der Waals surface area (Å²) in [5, 5.41) is 10.2. The number of rotatable bonds is 8. The molecule has 10 aromatic rings. The van der Waals surface area contributed by atoms with Crippen LogP contribution >= 0.6 is 0 Å². The van der Waals surface area contributed by atoms with Gasteiger partial charge in [0.1, 0.15) is 5.82 Å². The molecule has 0 spiro atoms. The standard InChI is InChI=1S/C54H40N2.C2H6/c1-37(42-26-16-28-52-54(42)48-25-12-13-27-51(48)56(52)53-29-14-15-34-55-53)30-31-40(35-49(38-17-4-2-5-18-38)39-19-6-3-7-20-39)41-32-33-47-45-23-9-8-21-43(45)44-22-10-11-24-46(44)50(47)36-41;1-2/h2-34,36,49H,35H2,1H3;1-2H3/b37-30+,40-31+;. The molecule has 2 heterocycles. The van der Waals surface area contributed by atoms with Crippen molar-refractivity contribution in [2.45, 2.75) is 33.1 Å². The van der Waals surface area contributed by atoms with Crippen molar-refractivity contribution in [3.8, 4) is 5.82 Å². The summed E-state index contributed by atoms with van der Waals surface area (Å²) in [5.41, 5.74) is 9.91. The van der Waals surface area contributed by atoms with Gasteiger partial charge in [-0.2, -0.15) is 0 Å². The molecular formula is C56H46N2. The summed E-state index contributed by atoms with van der Waals surface area (Å²) in [6.07, 6.45) is 7.44. The minimum atomic E-state index is 0.182. The van der Waals surface area contributed by atoms with Crippen molar-refractivity contribution >= 4 is 65.3 Å². The summed E-state index contributed by atoms with van der Waals surface area (Å²) in [6, 6.07) is 68.2. The second-order valence-electron chi connectivity index (χ2n) is 14.7. The molecule has 10 rings (SSSR count). The molecule has 58 heavy (non-hydrogen) atoms. The van der Waals surface area contributed by atoms with Crippen LogP contribution in [0.4, 0.5) is 0 Å². The van der Waals surface area contributed by atoms with Gasteiger partial charge in [-0.1, -0.05) is 184 Å². The minimum Gasteiger partial charge on any atom is -0.294 e. The van der Waals surface area contributed by atoms with E-state index < -0.39 is 0 Å². The van der Waals surface area contributed by atoms with Crippen LogP contribution in [0, 0.1) is 0 Å². The molecule has 0 unspecified atom stereocenters. The van der Waals surface area contributed by atoms with Crippen LogP contribution in [0.5, 0.6) is 0 Å². The second kappa shape index (κ2) is 16.2. The average Bonchev–Trinajstić information content (AvgIpc) is 3.65. The molecule has 2 aromatic heterocycles. The lowest BCUT2D eigenvalue weighted by Crippen LogP contribution is -2.03. The van der Waals surface area contributed by atoms with E-state index in [0.29, 0.717) is 0 Å². The Morgan fingerprint density at radius 2 is 1.03 bits per heavy atom. The average molecular weight is 747 g/mol. The number of fused-ring (bicyclic) bond motifs is 9. The first kappa shape index (κ1) is 36.6. The first-order valence-electron chi connectivity index (χ1n) is 20.5. The van der Waals surface area contributed by atoms with Gasteiger partial charge in [-0.05, 0) is 109 Å². The molecule has 0 N–H and O–H groups in total. The van der Waals surface area contributed by atoms with Crippen molar-refractivity contribution < 1.29 is 0 Å². The third-order valence-electron chi connectivity index (χ3n) is 11.5. The van der Waals surface area contributed by atoms with Gasteiger partial charge < -0.3 is 0 Å². The zero-order valence-electron chi connectivity index (χ0n) is 33.3. The first-order chi connectivity index (χ1) is 28.7. The van der Waals surface area contributed by atoms with E-state index in [9.17, 15) is 0 Å². The summed E-state index contributed by atoms with van der Waals surface area (Å²) in [6.45, 7) is 6.25. The van der Waals surface area contributed by atoms with Crippen LogP contribution in [-0.4, -0.2) is 9.55 Å². The number of hydrogen-bond acceptors (Lipinski definition) is 1. The molecule has 8 aromatic carbocycles. The predicted octanol–water partition coefficient (Wildman–Crippen LogP) is 15.4. The van der Waals surface area contributed by atoms with E-state index in [1.807, 2.05) is 26.1 Å². The van der Waals surface area contributed by atoms with Gasteiger partial charge in [-0.25, -0.2) is 4.98 Å². The Labute approximate surface area is 341 Å². The van der Waals surface area contributed by atoms with E-state index in [2.05, 4.69) is 206 Å². The van der Waals surface area contributed by atoms with Crippen LogP contribution in [0.3, 0.4) is 0 Å². The molecular weight excluding hydrogens is 701 g/mol. The van der Waals surface area contributed by atoms with Gasteiger partial charge in [0, 0.05) is 22.9 Å². The van der Waals surface area contributed by atoms with E-state index in [1.165, 1.54) is 76.5 Å². The number of pyridine rings is 1. The van der Waals surface area contributed by atoms with Crippen molar-refractivity contribution in [1.29, 1.82) is 0 Å². The smallest absolute Gasteiger partial charge is 0.137 e. The summed E-state index contributed by atoms with van der Waals surface area (Å²) >= 11 is 0. The lowest BCUT2D eigenvalue weighted by molar-refractivity contribution is 0.841. The molecule has 0 radical (unpaired) electrons. The molecule has 280 valence electrons. The van der Waals surface area contributed by atoms with E-state index in [0.717, 1.165) is 23.3 Å². The molecule has 0 bridgehead atoms. The zero-order chi connectivity index (χ0) is 39.4. The number of benzene rings is 8. The molecule has 0 aliphatic rings. The van der Waals surface area contributed by atoms with Crippen LogP contribution in [0.15, 0.2) is 206 Å². The van der Waals surface area contributed by atoms with Crippen molar-refractivity contribution in [1.82, 2.24) is 9.55 Å². The molecule has 2 nitrogen and oxygen atoms in total. The number of allylic oxidation sites excluding steroid dienone is 4. The topological polar surface area (TPSA) is 17.8 Å². The Morgan fingerprint density at radius 1 is 0.500 bits per heavy atom. The van der Waals surface area contributed by atoms with E-state index >= 15 is 0 Å². The van der Waals surface area contributed by atoms with Gasteiger partial charge in [0.05, 0.1) is 11.0 Å². The normalized spacial score (nSPS) is 12.1. The highest BCUT2D eigenvalue weighted by Gasteiger charge is 2.19. The predicted molar refractivity (Wildman–Crippen MR) is 250 cm³/mol. The van der Waals surface area contributed by atoms with Crippen LogP contribution < -0.4 is 0 Å². The maximum absolute atomic E-state index is 4.76. The Balaban J connectivity index is 0.00000215. The number of nitrogens with zero attached hydrogens (tertiary/aromatic N) is 2. The minimum absolute atomic E-state index is 0.182. The lowest BCUT2D eigenvalue weighted by atomic mass is 9.83. The fraction of sp³-hybridized carbons (Fsp3) is 0.0893. The highest BCUT2D eigenvalue weighted by atomic mass is 15.1. The summed E-state index contributed by atoms with van der Waals surface area (Å²) < 4.78 is 2.29. The maximum atomic E-state index is 4.76. The largest absolute Gasteiger partial charge is 0.294 e. The Hall–Kier alpha value is -7.03. The quantitative estimate of drug-likeness (QED) is 0.112. The van der Waals surface area contributed by atoms with E-state index in [-0.39, 0.29) is 5.92 Å². The monoisotopic (exact) mass is 746 g/mol. The summed E-state index contributed by atoms with van der Waals surface area (Å²) in [4.78, 5) is 4.76. The first-order valence-corrected chi connectivity index (χ1v) is 20.5. The van der Waals surface area contributed by atoms with Crippen LogP contribution in [-0.2, 0) is 0 Å². The van der Waals surface area contributed by atoms with Gasteiger partial charge >= 0.3 is 0 Å². The molecule has 0 saturated carbocycles. The molecule has 0 aliphatic heterocycles. The number of hydrogen-bond donors (Lipinski definition) is 0. The Bertz CT molecular complexity index is 3020. The van der Waals surface area contributed by atoms with Crippen molar-refractivity contribution in [3.63, 3.8) is 0 Å². The second-order valence-corrected chi connectivity index (χ2v) is 14.7.